The molecule has 0 bridgehead atoms. The summed E-state index contributed by atoms with van der Waals surface area (Å²) in [4.78, 5) is 0. The summed E-state index contributed by atoms with van der Waals surface area (Å²) in [6.45, 7) is 1.75. The van der Waals surface area contributed by atoms with Crippen LogP contribution in [0.15, 0.2) is 54.6 Å². The average Bonchev–Trinajstić information content (AvgIpc) is 2.77. The van der Waals surface area contributed by atoms with Crippen LogP contribution in [-0.2, 0) is 19.6 Å². The van der Waals surface area contributed by atoms with Gasteiger partial charge in [0.1, 0.15) is 12.4 Å². The number of rotatable bonds is 10. The summed E-state index contributed by atoms with van der Waals surface area (Å²) in [5.41, 5.74) is 3.07. The zero-order chi connectivity index (χ0) is 22.2. The van der Waals surface area contributed by atoms with Crippen molar-refractivity contribution in [3.05, 3.63) is 86.4 Å². The zero-order valence-electron chi connectivity index (χ0n) is 17.4. The molecule has 0 aliphatic heterocycles. The van der Waals surface area contributed by atoms with Crippen LogP contribution in [0.5, 0.6) is 17.2 Å². The Morgan fingerprint density at radius 2 is 1.58 bits per heavy atom. The van der Waals surface area contributed by atoms with Crippen LogP contribution in [0.3, 0.4) is 0 Å². The fourth-order valence-electron chi connectivity index (χ4n) is 3.06. The molecule has 0 spiro atoms. The lowest BCUT2D eigenvalue weighted by atomic mass is 10.1. The van der Waals surface area contributed by atoms with Gasteiger partial charge in [-0.15, -0.1) is 0 Å². The molecule has 164 valence electrons. The number of hydrogen-bond acceptors (Lipinski definition) is 4. The van der Waals surface area contributed by atoms with Crippen LogP contribution < -0.4 is 19.5 Å². The topological polar surface area (TPSA) is 39.7 Å². The van der Waals surface area contributed by atoms with Gasteiger partial charge < -0.3 is 19.5 Å². The van der Waals surface area contributed by atoms with E-state index >= 15 is 0 Å². The molecule has 1 N–H and O–H groups in total. The second-order valence-corrected chi connectivity index (χ2v) is 8.16. The van der Waals surface area contributed by atoms with Gasteiger partial charge in [-0.05, 0) is 60.5 Å². The predicted octanol–water partition coefficient (Wildman–Crippen LogP) is 6.58. The molecule has 0 atom stereocenters. The Labute approximate surface area is 198 Å². The Bertz CT molecular complexity index is 1010. The largest absolute Gasteiger partial charge is 0.497 e. The molecular formula is C24H24Cl3NO3. The van der Waals surface area contributed by atoms with Gasteiger partial charge in [-0.25, -0.2) is 0 Å². The number of methoxy groups -OCH3 is 2. The number of ether oxygens (including phenoxy) is 3. The van der Waals surface area contributed by atoms with Crippen molar-refractivity contribution in [3.63, 3.8) is 0 Å². The first kappa shape index (κ1) is 23.6. The molecular weight excluding hydrogens is 457 g/mol. The molecule has 0 unspecified atom stereocenters. The van der Waals surface area contributed by atoms with Gasteiger partial charge >= 0.3 is 0 Å². The number of nitrogens with one attached hydrogen (secondary N) is 1. The highest BCUT2D eigenvalue weighted by molar-refractivity contribution is 6.35. The minimum absolute atomic E-state index is 0.255. The first-order valence-electron chi connectivity index (χ1n) is 9.77. The van der Waals surface area contributed by atoms with Crippen molar-refractivity contribution in [1.82, 2.24) is 5.32 Å². The lowest BCUT2D eigenvalue weighted by molar-refractivity contribution is 0.284. The lowest BCUT2D eigenvalue weighted by Crippen LogP contribution is -2.16. The molecule has 0 aliphatic rings. The van der Waals surface area contributed by atoms with Crippen molar-refractivity contribution in [1.29, 1.82) is 0 Å². The van der Waals surface area contributed by atoms with Crippen molar-refractivity contribution in [2.24, 2.45) is 0 Å². The molecule has 0 fully saturated rings. The Morgan fingerprint density at radius 1 is 0.806 bits per heavy atom. The first-order valence-corrected chi connectivity index (χ1v) is 10.9. The highest BCUT2D eigenvalue weighted by Crippen LogP contribution is 2.37. The van der Waals surface area contributed by atoms with Gasteiger partial charge in [-0.2, -0.15) is 0 Å². The van der Waals surface area contributed by atoms with Crippen molar-refractivity contribution in [2.75, 3.05) is 20.8 Å². The molecule has 31 heavy (non-hydrogen) atoms. The summed E-state index contributed by atoms with van der Waals surface area (Å²) in [6.07, 6.45) is 0.915. The smallest absolute Gasteiger partial charge is 0.180 e. The van der Waals surface area contributed by atoms with E-state index in [1.165, 1.54) is 5.56 Å². The number of benzene rings is 3. The normalized spacial score (nSPS) is 10.7. The highest BCUT2D eigenvalue weighted by Gasteiger charge is 2.13. The van der Waals surface area contributed by atoms with Gasteiger partial charge in [0.2, 0.25) is 0 Å². The van der Waals surface area contributed by atoms with Crippen LogP contribution in [0.4, 0.5) is 0 Å². The van der Waals surface area contributed by atoms with Gasteiger partial charge in [0, 0.05) is 22.2 Å². The number of halogens is 3. The molecule has 3 rings (SSSR count). The third kappa shape index (κ3) is 6.68. The van der Waals surface area contributed by atoms with Crippen molar-refractivity contribution in [3.8, 4) is 17.2 Å². The van der Waals surface area contributed by atoms with Crippen LogP contribution in [0, 0.1) is 0 Å². The summed E-state index contributed by atoms with van der Waals surface area (Å²) in [7, 11) is 3.26. The molecule has 3 aromatic rings. The quantitative estimate of drug-likeness (QED) is 0.333. The maximum Gasteiger partial charge on any atom is 0.180 e. The zero-order valence-corrected chi connectivity index (χ0v) is 19.7. The van der Waals surface area contributed by atoms with E-state index in [0.29, 0.717) is 33.1 Å². The van der Waals surface area contributed by atoms with Gasteiger partial charge in [0.05, 0.1) is 19.2 Å². The monoisotopic (exact) mass is 479 g/mol. The van der Waals surface area contributed by atoms with E-state index in [2.05, 4.69) is 17.4 Å². The minimum Gasteiger partial charge on any atom is -0.497 e. The molecule has 0 heterocycles. The molecule has 0 saturated carbocycles. The molecule has 3 aromatic carbocycles. The van der Waals surface area contributed by atoms with Crippen LogP contribution in [-0.4, -0.2) is 20.8 Å². The molecule has 0 aliphatic carbocycles. The molecule has 4 nitrogen and oxygen atoms in total. The summed E-state index contributed by atoms with van der Waals surface area (Å²) in [5, 5.41) is 5.03. The maximum atomic E-state index is 6.48. The van der Waals surface area contributed by atoms with E-state index in [-0.39, 0.29) is 6.61 Å². The van der Waals surface area contributed by atoms with E-state index in [0.717, 1.165) is 29.8 Å². The molecule has 7 heteroatoms. The molecule has 0 amide bonds. The van der Waals surface area contributed by atoms with Crippen LogP contribution in [0.2, 0.25) is 15.1 Å². The third-order valence-corrected chi connectivity index (χ3v) is 5.62. The van der Waals surface area contributed by atoms with Crippen LogP contribution >= 0.6 is 34.8 Å². The Morgan fingerprint density at radius 3 is 2.26 bits per heavy atom. The van der Waals surface area contributed by atoms with Gasteiger partial charge in [0.15, 0.2) is 11.5 Å². The second kappa shape index (κ2) is 11.5. The molecule has 0 aromatic heterocycles. The first-order chi connectivity index (χ1) is 15.0. The van der Waals surface area contributed by atoms with Crippen LogP contribution in [0.1, 0.15) is 16.7 Å². The fourth-order valence-corrected chi connectivity index (χ4v) is 3.81. The standard InChI is InChI=1S/C24H24Cl3NO3/c1-29-20-7-3-16(4-8-20)9-10-28-14-17-11-22(27)24(23(12-17)30-2)31-15-18-5-6-19(25)13-21(18)26/h3-8,11-13,28H,9-10,14-15H2,1-2H3. The van der Waals surface area contributed by atoms with E-state index in [4.69, 9.17) is 49.0 Å². The third-order valence-electron chi connectivity index (χ3n) is 4.75. The fraction of sp³-hybridized carbons (Fsp3) is 0.250. The highest BCUT2D eigenvalue weighted by atomic mass is 35.5. The Balaban J connectivity index is 1.57. The Hall–Kier alpha value is -2.11. The van der Waals surface area contributed by atoms with E-state index < -0.39 is 0 Å². The van der Waals surface area contributed by atoms with E-state index in [1.807, 2.05) is 30.3 Å². The predicted molar refractivity (Wildman–Crippen MR) is 127 cm³/mol. The molecule has 0 radical (unpaired) electrons. The molecule has 0 saturated heterocycles. The maximum absolute atomic E-state index is 6.48. The number of hydrogen-bond donors (Lipinski definition) is 1. The second-order valence-electron chi connectivity index (χ2n) is 6.91. The van der Waals surface area contributed by atoms with Crippen molar-refractivity contribution < 1.29 is 14.2 Å². The lowest BCUT2D eigenvalue weighted by Gasteiger charge is -2.15. The SMILES string of the molecule is COc1ccc(CCNCc2cc(Cl)c(OCc3ccc(Cl)cc3Cl)c(OC)c2)cc1. The summed E-state index contributed by atoms with van der Waals surface area (Å²) in [5.74, 6) is 1.92. The van der Waals surface area contributed by atoms with Crippen molar-refractivity contribution >= 4 is 34.8 Å². The minimum atomic E-state index is 0.255. The average molecular weight is 481 g/mol. The summed E-state index contributed by atoms with van der Waals surface area (Å²) < 4.78 is 16.6. The van der Waals surface area contributed by atoms with Gasteiger partial charge in [-0.3, -0.25) is 0 Å². The van der Waals surface area contributed by atoms with E-state index in [9.17, 15) is 0 Å². The van der Waals surface area contributed by atoms with Gasteiger partial charge in [0.25, 0.3) is 0 Å². The summed E-state index contributed by atoms with van der Waals surface area (Å²) >= 11 is 18.7. The van der Waals surface area contributed by atoms with E-state index in [1.54, 1.807) is 26.4 Å². The van der Waals surface area contributed by atoms with Crippen LogP contribution in [0.25, 0.3) is 0 Å². The Kier molecular flexibility index (Phi) is 8.73. The van der Waals surface area contributed by atoms with Gasteiger partial charge in [-0.1, -0.05) is 53.0 Å². The van der Waals surface area contributed by atoms with Crippen molar-refractivity contribution in [2.45, 2.75) is 19.6 Å². The summed E-state index contributed by atoms with van der Waals surface area (Å²) in [6, 6.07) is 17.2.